The summed E-state index contributed by atoms with van der Waals surface area (Å²) in [6.45, 7) is 0.288. The van der Waals surface area contributed by atoms with Crippen molar-refractivity contribution in [1.29, 1.82) is 0 Å². The molecule has 3 N–H and O–H groups in total. The van der Waals surface area contributed by atoms with E-state index in [4.69, 9.17) is 9.47 Å². The van der Waals surface area contributed by atoms with Gasteiger partial charge in [0.05, 0.1) is 13.2 Å². The topological polar surface area (TPSA) is 79.2 Å². The summed E-state index contributed by atoms with van der Waals surface area (Å²) in [5, 5.41) is 29.3. The molecule has 0 saturated carbocycles. The molecule has 2 heterocycles. The predicted octanol–water partition coefficient (Wildman–Crippen LogP) is -0.432. The van der Waals surface area contributed by atoms with Gasteiger partial charge in [-0.15, -0.1) is 0 Å². The number of ether oxygens (including phenoxy) is 2. The van der Waals surface area contributed by atoms with Crippen LogP contribution in [0.4, 0.5) is 0 Å². The number of aliphatic hydroxyl groups is 3. The summed E-state index contributed by atoms with van der Waals surface area (Å²) < 4.78 is 11.1. The Morgan fingerprint density at radius 3 is 2.56 bits per heavy atom. The molecule has 18 heavy (non-hydrogen) atoms. The van der Waals surface area contributed by atoms with E-state index in [9.17, 15) is 15.3 Å². The second-order valence-corrected chi connectivity index (χ2v) is 4.86. The largest absolute Gasteiger partial charge is 0.388 e. The second-order valence-electron chi connectivity index (χ2n) is 4.86. The van der Waals surface area contributed by atoms with Gasteiger partial charge in [0.15, 0.2) is 0 Å². The van der Waals surface area contributed by atoms with Crippen molar-refractivity contribution in [2.45, 2.75) is 37.1 Å². The summed E-state index contributed by atoms with van der Waals surface area (Å²) in [5.41, 5.74) is 2.09. The Hall–Kier alpha value is -0.980. The average molecular weight is 252 g/mol. The van der Waals surface area contributed by atoms with Gasteiger partial charge in [-0.25, -0.2) is 0 Å². The van der Waals surface area contributed by atoms with Crippen LogP contribution in [0.2, 0.25) is 0 Å². The first-order valence-electron chi connectivity index (χ1n) is 6.01. The maximum atomic E-state index is 10.1. The average Bonchev–Trinajstić information content (AvgIpc) is 2.41. The van der Waals surface area contributed by atoms with Crippen LogP contribution in [0.1, 0.15) is 11.1 Å². The lowest BCUT2D eigenvalue weighted by Crippen LogP contribution is -2.63. The standard InChI is InChI=1S/C13H16O5/c14-10-7-18-13(12(16)11(10)15)5-8-3-1-2-4-9(8)6-17-13/h1-4,10-12,14-16H,5-7H2/t10-,11-,12+,13-/m1/s1. The molecular weight excluding hydrogens is 236 g/mol. The summed E-state index contributed by atoms with van der Waals surface area (Å²) >= 11 is 0. The third-order valence-electron chi connectivity index (χ3n) is 3.69. The Balaban J connectivity index is 1.90. The van der Waals surface area contributed by atoms with Crippen LogP contribution in [-0.2, 0) is 22.5 Å². The van der Waals surface area contributed by atoms with Crippen molar-refractivity contribution in [1.82, 2.24) is 0 Å². The molecule has 0 unspecified atom stereocenters. The van der Waals surface area contributed by atoms with Gasteiger partial charge in [0.25, 0.3) is 0 Å². The van der Waals surface area contributed by atoms with E-state index in [1.54, 1.807) is 0 Å². The van der Waals surface area contributed by atoms with Crippen LogP contribution in [0, 0.1) is 0 Å². The van der Waals surface area contributed by atoms with E-state index >= 15 is 0 Å². The van der Waals surface area contributed by atoms with E-state index in [1.807, 2.05) is 24.3 Å². The summed E-state index contributed by atoms with van der Waals surface area (Å²) in [6.07, 6.45) is -3.21. The Morgan fingerprint density at radius 1 is 1.06 bits per heavy atom. The Kier molecular flexibility index (Phi) is 2.88. The maximum absolute atomic E-state index is 10.1. The minimum absolute atomic E-state index is 0.0413. The van der Waals surface area contributed by atoms with Crippen LogP contribution in [0.15, 0.2) is 24.3 Å². The molecule has 0 aliphatic carbocycles. The van der Waals surface area contributed by atoms with Crippen LogP contribution in [0.5, 0.6) is 0 Å². The Morgan fingerprint density at radius 2 is 1.78 bits per heavy atom. The van der Waals surface area contributed by atoms with Crippen molar-refractivity contribution >= 4 is 0 Å². The number of rotatable bonds is 0. The van der Waals surface area contributed by atoms with Crippen LogP contribution >= 0.6 is 0 Å². The molecule has 1 aromatic carbocycles. The number of hydrogen-bond acceptors (Lipinski definition) is 5. The first kappa shape index (κ1) is 12.1. The highest BCUT2D eigenvalue weighted by Gasteiger charge is 2.52. The molecule has 0 amide bonds. The van der Waals surface area contributed by atoms with Crippen LogP contribution in [0.3, 0.4) is 0 Å². The van der Waals surface area contributed by atoms with Crippen molar-refractivity contribution in [2.24, 2.45) is 0 Å². The van der Waals surface area contributed by atoms with E-state index in [-0.39, 0.29) is 6.61 Å². The molecule has 1 spiro atoms. The zero-order valence-electron chi connectivity index (χ0n) is 9.82. The van der Waals surface area contributed by atoms with Gasteiger partial charge >= 0.3 is 0 Å². The third-order valence-corrected chi connectivity index (χ3v) is 3.69. The van der Waals surface area contributed by atoms with Gasteiger partial charge in [-0.1, -0.05) is 24.3 Å². The lowest BCUT2D eigenvalue weighted by Gasteiger charge is -2.47. The fourth-order valence-electron chi connectivity index (χ4n) is 2.55. The van der Waals surface area contributed by atoms with Crippen molar-refractivity contribution in [3.8, 4) is 0 Å². The first-order chi connectivity index (χ1) is 8.62. The molecule has 5 heteroatoms. The fraction of sp³-hybridized carbons (Fsp3) is 0.538. The SMILES string of the molecule is O[C@@H]1[C@H](O)CO[C@]2(Cc3ccccc3CO2)[C@H]1O. The normalized spacial score (nSPS) is 39.6. The number of hydrogen-bond donors (Lipinski definition) is 3. The summed E-state index contributed by atoms with van der Waals surface area (Å²) in [6, 6.07) is 7.76. The fourth-order valence-corrected chi connectivity index (χ4v) is 2.55. The van der Waals surface area contributed by atoms with Gasteiger partial charge < -0.3 is 24.8 Å². The van der Waals surface area contributed by atoms with Gasteiger partial charge in [-0.3, -0.25) is 0 Å². The lowest BCUT2D eigenvalue weighted by molar-refractivity contribution is -0.346. The summed E-state index contributed by atoms with van der Waals surface area (Å²) in [7, 11) is 0. The molecular formula is C13H16O5. The molecule has 1 saturated heterocycles. The molecule has 1 fully saturated rings. The first-order valence-corrected chi connectivity index (χ1v) is 6.01. The molecule has 2 aliphatic rings. The maximum Gasteiger partial charge on any atom is 0.201 e. The molecule has 5 nitrogen and oxygen atoms in total. The molecule has 0 bridgehead atoms. The molecule has 4 atom stereocenters. The minimum Gasteiger partial charge on any atom is -0.388 e. The molecule has 1 aromatic rings. The van der Waals surface area contributed by atoms with Gasteiger partial charge in [0.1, 0.15) is 18.3 Å². The molecule has 0 aromatic heterocycles. The smallest absolute Gasteiger partial charge is 0.201 e. The summed E-state index contributed by atoms with van der Waals surface area (Å²) in [4.78, 5) is 0. The van der Waals surface area contributed by atoms with Gasteiger partial charge in [0, 0.05) is 6.42 Å². The molecule has 2 aliphatic heterocycles. The molecule has 3 rings (SSSR count). The van der Waals surface area contributed by atoms with E-state index in [0.29, 0.717) is 13.0 Å². The van der Waals surface area contributed by atoms with Crippen molar-refractivity contribution in [3.05, 3.63) is 35.4 Å². The lowest BCUT2D eigenvalue weighted by atomic mass is 9.88. The highest BCUT2D eigenvalue weighted by atomic mass is 16.7. The van der Waals surface area contributed by atoms with E-state index in [2.05, 4.69) is 0 Å². The van der Waals surface area contributed by atoms with Gasteiger partial charge in [-0.2, -0.15) is 0 Å². The van der Waals surface area contributed by atoms with Gasteiger partial charge in [0.2, 0.25) is 5.79 Å². The van der Waals surface area contributed by atoms with Crippen LogP contribution < -0.4 is 0 Å². The molecule has 0 radical (unpaired) electrons. The van der Waals surface area contributed by atoms with Crippen LogP contribution in [-0.4, -0.2) is 46.0 Å². The zero-order chi connectivity index (χ0) is 12.8. The monoisotopic (exact) mass is 252 g/mol. The van der Waals surface area contributed by atoms with E-state index < -0.39 is 24.1 Å². The Bertz CT molecular complexity index is 449. The third kappa shape index (κ3) is 1.75. The predicted molar refractivity (Wildman–Crippen MR) is 61.6 cm³/mol. The second kappa shape index (κ2) is 4.29. The van der Waals surface area contributed by atoms with Crippen molar-refractivity contribution in [3.63, 3.8) is 0 Å². The van der Waals surface area contributed by atoms with Crippen molar-refractivity contribution < 1.29 is 24.8 Å². The quantitative estimate of drug-likeness (QED) is 0.584. The van der Waals surface area contributed by atoms with E-state index in [0.717, 1.165) is 11.1 Å². The number of fused-ring (bicyclic) bond motifs is 1. The van der Waals surface area contributed by atoms with E-state index in [1.165, 1.54) is 0 Å². The highest BCUT2D eigenvalue weighted by molar-refractivity contribution is 5.30. The summed E-state index contributed by atoms with van der Waals surface area (Å²) in [5.74, 6) is -1.24. The highest BCUT2D eigenvalue weighted by Crippen LogP contribution is 2.36. The van der Waals surface area contributed by atoms with Gasteiger partial charge in [-0.05, 0) is 11.1 Å². The number of benzene rings is 1. The van der Waals surface area contributed by atoms with Crippen molar-refractivity contribution in [2.75, 3.05) is 6.61 Å². The number of aliphatic hydroxyl groups excluding tert-OH is 3. The Labute approximate surface area is 105 Å². The zero-order valence-corrected chi connectivity index (χ0v) is 9.82. The minimum atomic E-state index is -1.25. The molecule has 98 valence electrons. The van der Waals surface area contributed by atoms with Crippen LogP contribution in [0.25, 0.3) is 0 Å².